The van der Waals surface area contributed by atoms with Crippen LogP contribution in [0.4, 0.5) is 0 Å². The standard InChI is InChI=1S/C42H74NO10P/c1-3-5-7-9-11-13-15-17-19-21-23-25-27-29-31-33-40(44)50-35-38(36-51-54(48,49)52-37-39(43)42(46)47)53-41(45)34-32-30-28-26-24-22-20-18-16-14-12-10-8-6-4-2/h17-20,23-26,38-39H,3-16,21-22,27-37,43H2,1-2H3,(H,46,47)(H,48,49)/b19-17+,20-18+,25-23+,26-24+/t38-,39+/m1/s1. The Kier molecular flexibility index (Phi) is 35.6. The zero-order chi connectivity index (χ0) is 40.0. The Morgan fingerprint density at radius 1 is 0.574 bits per heavy atom. The number of esters is 2. The van der Waals surface area contributed by atoms with Crippen LogP contribution in [0.3, 0.4) is 0 Å². The van der Waals surface area contributed by atoms with Gasteiger partial charge in [0.05, 0.1) is 13.2 Å². The minimum Gasteiger partial charge on any atom is -0.480 e. The van der Waals surface area contributed by atoms with E-state index in [4.69, 9.17) is 24.8 Å². The topological polar surface area (TPSA) is 172 Å². The second kappa shape index (κ2) is 37.4. The average Bonchev–Trinajstić information content (AvgIpc) is 3.14. The van der Waals surface area contributed by atoms with E-state index >= 15 is 0 Å². The Labute approximate surface area is 326 Å². The third-order valence-corrected chi connectivity index (χ3v) is 9.50. The lowest BCUT2D eigenvalue weighted by molar-refractivity contribution is -0.161. The van der Waals surface area contributed by atoms with Gasteiger partial charge in [-0.25, -0.2) is 4.57 Å². The molecule has 0 spiro atoms. The SMILES string of the molecule is CCCCCCCC/C=C/C/C=C/CCCCC(=O)OC[C@H](COP(=O)(O)OC[C@H](N)C(=O)O)OC(=O)CCCC/C=C/C/C=C/CCCCCCCC. The summed E-state index contributed by atoms with van der Waals surface area (Å²) < 4.78 is 32.6. The van der Waals surface area contributed by atoms with Crippen LogP contribution in [0.2, 0.25) is 0 Å². The number of rotatable bonds is 38. The first-order valence-corrected chi connectivity index (χ1v) is 22.2. The molecule has 0 aromatic heterocycles. The number of hydrogen-bond donors (Lipinski definition) is 3. The smallest absolute Gasteiger partial charge is 0.472 e. The molecule has 0 rings (SSSR count). The van der Waals surface area contributed by atoms with Gasteiger partial charge in [-0.1, -0.05) is 127 Å². The number of allylic oxidation sites excluding steroid dienone is 8. The molecule has 12 heteroatoms. The molecule has 54 heavy (non-hydrogen) atoms. The molecule has 11 nitrogen and oxygen atoms in total. The largest absolute Gasteiger partial charge is 0.480 e. The van der Waals surface area contributed by atoms with Gasteiger partial charge in [0.25, 0.3) is 0 Å². The van der Waals surface area contributed by atoms with Crippen LogP contribution in [0, 0.1) is 0 Å². The van der Waals surface area contributed by atoms with Crippen molar-refractivity contribution in [2.24, 2.45) is 5.73 Å². The highest BCUT2D eigenvalue weighted by atomic mass is 31.2. The van der Waals surface area contributed by atoms with E-state index in [1.165, 1.54) is 77.0 Å². The van der Waals surface area contributed by atoms with Gasteiger partial charge in [0.1, 0.15) is 12.6 Å². The average molecular weight is 784 g/mol. The highest BCUT2D eigenvalue weighted by Crippen LogP contribution is 2.43. The maximum atomic E-state index is 12.6. The van der Waals surface area contributed by atoms with E-state index < -0.39 is 51.1 Å². The number of phosphoric acid groups is 1. The summed E-state index contributed by atoms with van der Waals surface area (Å²) >= 11 is 0. The van der Waals surface area contributed by atoms with Crippen molar-refractivity contribution in [1.82, 2.24) is 0 Å². The first kappa shape index (κ1) is 51.4. The zero-order valence-corrected chi connectivity index (χ0v) is 34.4. The highest BCUT2D eigenvalue weighted by molar-refractivity contribution is 7.47. The van der Waals surface area contributed by atoms with Crippen molar-refractivity contribution < 1.29 is 47.5 Å². The number of unbranched alkanes of at least 4 members (excludes halogenated alkanes) is 16. The van der Waals surface area contributed by atoms with Crippen molar-refractivity contribution in [3.63, 3.8) is 0 Å². The lowest BCUT2D eigenvalue weighted by atomic mass is 10.1. The molecule has 0 amide bonds. The normalized spacial score (nSPS) is 14.3. The second-order valence-corrected chi connectivity index (χ2v) is 15.2. The van der Waals surface area contributed by atoms with Gasteiger partial charge in [0.2, 0.25) is 0 Å². The summed E-state index contributed by atoms with van der Waals surface area (Å²) in [6.07, 6.45) is 40.4. The molecule has 0 heterocycles. The second-order valence-electron chi connectivity index (χ2n) is 13.8. The maximum Gasteiger partial charge on any atom is 0.472 e. The molecule has 0 aromatic rings. The lowest BCUT2D eigenvalue weighted by Gasteiger charge is -2.20. The summed E-state index contributed by atoms with van der Waals surface area (Å²) in [5, 5.41) is 8.87. The summed E-state index contributed by atoms with van der Waals surface area (Å²) in [5.41, 5.74) is 5.32. The zero-order valence-electron chi connectivity index (χ0n) is 33.6. The van der Waals surface area contributed by atoms with Gasteiger partial charge in [-0.2, -0.15) is 0 Å². The van der Waals surface area contributed by atoms with Crippen LogP contribution in [0.25, 0.3) is 0 Å². The number of ether oxygens (including phenoxy) is 2. The highest BCUT2D eigenvalue weighted by Gasteiger charge is 2.28. The molecule has 3 atom stereocenters. The summed E-state index contributed by atoms with van der Waals surface area (Å²) in [6.45, 7) is 2.71. The van der Waals surface area contributed by atoms with E-state index in [2.05, 4.69) is 67.0 Å². The minimum atomic E-state index is -4.73. The molecule has 0 radical (unpaired) electrons. The molecule has 0 aromatic carbocycles. The van der Waals surface area contributed by atoms with Crippen molar-refractivity contribution in [2.45, 2.75) is 180 Å². The van der Waals surface area contributed by atoms with Crippen LogP contribution in [0.5, 0.6) is 0 Å². The van der Waals surface area contributed by atoms with E-state index in [0.717, 1.165) is 51.4 Å². The monoisotopic (exact) mass is 784 g/mol. The Morgan fingerprint density at radius 2 is 0.981 bits per heavy atom. The van der Waals surface area contributed by atoms with Gasteiger partial charge in [-0.15, -0.1) is 0 Å². The third-order valence-electron chi connectivity index (χ3n) is 8.55. The third kappa shape index (κ3) is 36.4. The fourth-order valence-corrected chi connectivity index (χ4v) is 6.02. The molecule has 0 aliphatic heterocycles. The molecule has 0 fully saturated rings. The van der Waals surface area contributed by atoms with Gasteiger partial charge in [0, 0.05) is 12.8 Å². The van der Waals surface area contributed by atoms with Crippen molar-refractivity contribution >= 4 is 25.7 Å². The number of phosphoric ester groups is 1. The van der Waals surface area contributed by atoms with E-state index in [1.54, 1.807) is 0 Å². The van der Waals surface area contributed by atoms with Crippen LogP contribution in [-0.4, -0.2) is 59.9 Å². The molecule has 0 aliphatic rings. The summed E-state index contributed by atoms with van der Waals surface area (Å²) in [7, 11) is -4.73. The number of carboxylic acids is 1. The number of carbonyl (C=O) groups excluding carboxylic acids is 2. The van der Waals surface area contributed by atoms with Crippen LogP contribution in [-0.2, 0) is 37.5 Å². The molecule has 0 aliphatic carbocycles. The maximum absolute atomic E-state index is 12.6. The summed E-state index contributed by atoms with van der Waals surface area (Å²) in [5.74, 6) is -2.47. The van der Waals surface area contributed by atoms with Crippen molar-refractivity contribution in [1.29, 1.82) is 0 Å². The van der Waals surface area contributed by atoms with E-state index in [-0.39, 0.29) is 19.4 Å². The van der Waals surface area contributed by atoms with Crippen molar-refractivity contribution in [3.8, 4) is 0 Å². The van der Waals surface area contributed by atoms with Crippen molar-refractivity contribution in [3.05, 3.63) is 48.6 Å². The van der Waals surface area contributed by atoms with Gasteiger partial charge in [0.15, 0.2) is 6.10 Å². The van der Waals surface area contributed by atoms with Gasteiger partial charge >= 0.3 is 25.7 Å². The number of hydrogen-bond acceptors (Lipinski definition) is 9. The molecule has 4 N–H and O–H groups in total. The van der Waals surface area contributed by atoms with E-state index in [9.17, 15) is 23.8 Å². The Balaban J connectivity index is 4.52. The van der Waals surface area contributed by atoms with Crippen LogP contribution in [0.1, 0.15) is 168 Å². The van der Waals surface area contributed by atoms with Crippen LogP contribution < -0.4 is 5.73 Å². The first-order chi connectivity index (χ1) is 26.1. The van der Waals surface area contributed by atoms with Crippen molar-refractivity contribution in [2.75, 3.05) is 19.8 Å². The fraction of sp³-hybridized carbons (Fsp3) is 0.738. The number of aliphatic carboxylic acids is 1. The minimum absolute atomic E-state index is 0.111. The van der Waals surface area contributed by atoms with Gasteiger partial charge < -0.3 is 25.2 Å². The summed E-state index contributed by atoms with van der Waals surface area (Å²) in [4.78, 5) is 45.8. The summed E-state index contributed by atoms with van der Waals surface area (Å²) in [6, 6.07) is -1.53. The number of carbonyl (C=O) groups is 3. The Hall–Kier alpha value is -2.56. The molecule has 1 unspecified atom stereocenters. The molecule has 0 bridgehead atoms. The molecular formula is C42H74NO10P. The molecule has 312 valence electrons. The van der Waals surface area contributed by atoms with E-state index in [1.807, 2.05) is 0 Å². The van der Waals surface area contributed by atoms with Crippen LogP contribution in [0.15, 0.2) is 48.6 Å². The van der Waals surface area contributed by atoms with Gasteiger partial charge in [-0.3, -0.25) is 23.4 Å². The molecule has 0 saturated heterocycles. The lowest BCUT2D eigenvalue weighted by Crippen LogP contribution is -2.34. The number of carboxylic acid groups (broad SMARTS) is 1. The quantitative estimate of drug-likeness (QED) is 0.0235. The Morgan fingerprint density at radius 3 is 1.44 bits per heavy atom. The molecular weight excluding hydrogens is 709 g/mol. The predicted molar refractivity (Wildman–Crippen MR) is 217 cm³/mol. The number of nitrogens with two attached hydrogens (primary N) is 1. The Bertz CT molecular complexity index is 1110. The van der Waals surface area contributed by atoms with E-state index in [0.29, 0.717) is 12.8 Å². The predicted octanol–water partition coefficient (Wildman–Crippen LogP) is 10.6. The van der Waals surface area contributed by atoms with Crippen LogP contribution >= 0.6 is 7.82 Å². The first-order valence-electron chi connectivity index (χ1n) is 20.7. The molecule has 0 saturated carbocycles. The fourth-order valence-electron chi connectivity index (χ4n) is 5.24. The van der Waals surface area contributed by atoms with Gasteiger partial charge in [-0.05, 0) is 77.0 Å².